The van der Waals surface area contributed by atoms with Crippen LogP contribution < -0.4 is 14.8 Å². The van der Waals surface area contributed by atoms with Gasteiger partial charge in [-0.1, -0.05) is 44.2 Å². The topological polar surface area (TPSA) is 129 Å². The summed E-state index contributed by atoms with van der Waals surface area (Å²) in [5.74, 6) is -0.335. The van der Waals surface area contributed by atoms with E-state index < -0.39 is 30.0 Å². The Morgan fingerprint density at radius 1 is 1.07 bits per heavy atom. The van der Waals surface area contributed by atoms with Crippen LogP contribution in [0.15, 0.2) is 61.1 Å². The first-order valence-corrected chi connectivity index (χ1v) is 14.7. The van der Waals surface area contributed by atoms with E-state index in [-0.39, 0.29) is 30.8 Å². The van der Waals surface area contributed by atoms with Crippen LogP contribution in [0.1, 0.15) is 44.0 Å². The van der Waals surface area contributed by atoms with Crippen molar-refractivity contribution in [2.75, 3.05) is 6.61 Å². The summed E-state index contributed by atoms with van der Waals surface area (Å²) in [4.78, 5) is 32.8. The number of esters is 1. The number of carbonyl (C=O) groups excluding carboxylic acids is 2. The van der Waals surface area contributed by atoms with Gasteiger partial charge in [0, 0.05) is 22.2 Å². The first kappa shape index (κ1) is 31.3. The van der Waals surface area contributed by atoms with Gasteiger partial charge in [-0.15, -0.1) is 0 Å². The van der Waals surface area contributed by atoms with E-state index in [2.05, 4.69) is 20.4 Å². The molecule has 0 aliphatic rings. The summed E-state index contributed by atoms with van der Waals surface area (Å²) in [7, 11) is 0. The highest BCUT2D eigenvalue weighted by atomic mass is 19.1. The Morgan fingerprint density at radius 2 is 1.84 bits per heavy atom. The molecule has 11 nitrogen and oxygen atoms in total. The van der Waals surface area contributed by atoms with Crippen LogP contribution in [-0.2, 0) is 20.9 Å². The summed E-state index contributed by atoms with van der Waals surface area (Å²) in [5, 5.41) is 7.29. The zero-order valence-corrected chi connectivity index (χ0v) is 25.8. The number of hydrogen-bond acceptors (Lipinski definition) is 8. The standard InChI is InChI=1S/C33H36FN5O6/c1-19(2)13-26(38-33(41)43-17-23-9-7-6-8-10-23)32(40)44-21(4)16-42-28-15-39-30(22(28)5)31(35-18-36-39)45-27-12-11-25-24(29(27)34)14-20(3)37-25/h6-12,14-15,18-19,21,26,37H,13,16-17H2,1-5H3,(H,38,41). The number of nitrogens with one attached hydrogen (secondary N) is 2. The molecule has 0 saturated heterocycles. The van der Waals surface area contributed by atoms with Crippen molar-refractivity contribution in [2.24, 2.45) is 5.92 Å². The number of amides is 1. The second kappa shape index (κ2) is 13.7. The van der Waals surface area contributed by atoms with E-state index in [1.807, 2.05) is 51.1 Å². The van der Waals surface area contributed by atoms with Crippen LogP contribution in [0.25, 0.3) is 16.4 Å². The molecule has 0 aliphatic heterocycles. The molecule has 0 bridgehead atoms. The minimum atomic E-state index is -0.890. The Morgan fingerprint density at radius 3 is 2.60 bits per heavy atom. The maximum atomic E-state index is 15.2. The van der Waals surface area contributed by atoms with Crippen molar-refractivity contribution in [2.45, 2.75) is 59.8 Å². The molecule has 0 saturated carbocycles. The van der Waals surface area contributed by atoms with Gasteiger partial charge < -0.3 is 29.2 Å². The summed E-state index contributed by atoms with van der Waals surface area (Å²) in [5.41, 5.74) is 3.49. The maximum absolute atomic E-state index is 15.2. The number of nitrogens with zero attached hydrogens (tertiary/aromatic N) is 3. The van der Waals surface area contributed by atoms with E-state index in [1.165, 1.54) is 10.8 Å². The number of alkyl carbamates (subject to hydrolysis) is 1. The molecular formula is C33H36FN5O6. The van der Waals surface area contributed by atoms with Gasteiger partial charge in [-0.2, -0.15) is 10.1 Å². The molecule has 0 radical (unpaired) electrons. The third-order valence-electron chi connectivity index (χ3n) is 7.08. The van der Waals surface area contributed by atoms with Crippen molar-refractivity contribution < 1.29 is 32.9 Å². The zero-order valence-electron chi connectivity index (χ0n) is 25.8. The fourth-order valence-electron chi connectivity index (χ4n) is 4.91. The molecule has 2 N–H and O–H groups in total. The summed E-state index contributed by atoms with van der Waals surface area (Å²) in [6.45, 7) is 9.34. The van der Waals surface area contributed by atoms with Crippen LogP contribution in [-0.4, -0.2) is 50.4 Å². The minimum Gasteiger partial charge on any atom is -0.488 e. The smallest absolute Gasteiger partial charge is 0.408 e. The van der Waals surface area contributed by atoms with Gasteiger partial charge in [0.2, 0.25) is 5.88 Å². The van der Waals surface area contributed by atoms with E-state index >= 15 is 4.39 Å². The van der Waals surface area contributed by atoms with Crippen molar-refractivity contribution in [1.82, 2.24) is 24.9 Å². The lowest BCUT2D eigenvalue weighted by molar-refractivity contribution is -0.152. The highest BCUT2D eigenvalue weighted by Gasteiger charge is 2.26. The van der Waals surface area contributed by atoms with Crippen LogP contribution in [0.4, 0.5) is 9.18 Å². The van der Waals surface area contributed by atoms with Gasteiger partial charge >= 0.3 is 12.1 Å². The van der Waals surface area contributed by atoms with Gasteiger partial charge in [-0.25, -0.2) is 18.5 Å². The number of halogens is 1. The number of H-pyrrole nitrogens is 1. The van der Waals surface area contributed by atoms with Crippen LogP contribution in [0, 0.1) is 25.6 Å². The highest BCUT2D eigenvalue weighted by Crippen LogP contribution is 2.34. The van der Waals surface area contributed by atoms with Gasteiger partial charge in [0.25, 0.3) is 0 Å². The fourth-order valence-corrected chi connectivity index (χ4v) is 4.91. The largest absolute Gasteiger partial charge is 0.488 e. The monoisotopic (exact) mass is 617 g/mol. The third-order valence-corrected chi connectivity index (χ3v) is 7.08. The Balaban J connectivity index is 1.21. The van der Waals surface area contributed by atoms with Gasteiger partial charge in [0.15, 0.2) is 11.6 Å². The lowest BCUT2D eigenvalue weighted by Gasteiger charge is -2.22. The van der Waals surface area contributed by atoms with E-state index in [1.54, 1.807) is 38.2 Å². The van der Waals surface area contributed by atoms with Crippen molar-refractivity contribution in [3.63, 3.8) is 0 Å². The molecule has 12 heteroatoms. The molecule has 0 spiro atoms. The Bertz CT molecular complexity index is 1800. The van der Waals surface area contributed by atoms with E-state index in [9.17, 15) is 9.59 Å². The number of carbonyl (C=O) groups is 2. The first-order chi connectivity index (χ1) is 21.6. The molecule has 3 heterocycles. The van der Waals surface area contributed by atoms with Crippen molar-refractivity contribution in [3.05, 3.63) is 83.7 Å². The number of benzene rings is 2. The first-order valence-electron chi connectivity index (χ1n) is 14.7. The number of aromatic amines is 1. The van der Waals surface area contributed by atoms with Crippen molar-refractivity contribution in [1.29, 1.82) is 0 Å². The fraction of sp³-hybridized carbons (Fsp3) is 0.333. The van der Waals surface area contributed by atoms with Gasteiger partial charge in [0.05, 0.1) is 6.20 Å². The van der Waals surface area contributed by atoms with Gasteiger partial charge in [0.1, 0.15) is 43.0 Å². The third kappa shape index (κ3) is 7.51. The second-order valence-corrected chi connectivity index (χ2v) is 11.3. The number of ether oxygens (including phenoxy) is 4. The van der Waals surface area contributed by atoms with E-state index in [0.29, 0.717) is 34.2 Å². The highest BCUT2D eigenvalue weighted by molar-refractivity contribution is 5.83. The number of fused-ring (bicyclic) bond motifs is 2. The number of aromatic nitrogens is 4. The Kier molecular flexibility index (Phi) is 9.50. The van der Waals surface area contributed by atoms with Gasteiger partial charge in [-0.05, 0) is 56.9 Å². The Labute approximate surface area is 259 Å². The molecule has 5 aromatic rings. The molecular weight excluding hydrogens is 581 g/mol. The van der Waals surface area contributed by atoms with Gasteiger partial charge in [-0.3, -0.25) is 0 Å². The van der Waals surface area contributed by atoms with Crippen molar-refractivity contribution in [3.8, 4) is 17.4 Å². The molecule has 5 rings (SSSR count). The number of hydrogen-bond donors (Lipinski definition) is 2. The average molecular weight is 618 g/mol. The maximum Gasteiger partial charge on any atom is 0.408 e. The summed E-state index contributed by atoms with van der Waals surface area (Å²) in [6, 6.07) is 13.4. The normalized spacial score (nSPS) is 12.7. The molecule has 0 aliphatic carbocycles. The Hall–Kier alpha value is -5.13. The molecule has 2 atom stereocenters. The summed E-state index contributed by atoms with van der Waals surface area (Å²) < 4.78 is 39.6. The molecule has 0 fully saturated rings. The van der Waals surface area contributed by atoms with Crippen molar-refractivity contribution >= 4 is 28.5 Å². The lowest BCUT2D eigenvalue weighted by Crippen LogP contribution is -2.44. The second-order valence-electron chi connectivity index (χ2n) is 11.3. The van der Waals surface area contributed by atoms with E-state index in [0.717, 1.165) is 11.3 Å². The molecule has 3 aromatic heterocycles. The molecule has 2 aromatic carbocycles. The predicted molar refractivity (Wildman–Crippen MR) is 165 cm³/mol. The summed E-state index contributed by atoms with van der Waals surface area (Å²) in [6.07, 6.45) is 1.97. The molecule has 1 amide bonds. The average Bonchev–Trinajstić information content (AvgIpc) is 3.56. The van der Waals surface area contributed by atoms with E-state index in [4.69, 9.17) is 18.9 Å². The predicted octanol–water partition coefficient (Wildman–Crippen LogP) is 6.41. The quantitative estimate of drug-likeness (QED) is 0.154. The molecule has 45 heavy (non-hydrogen) atoms. The number of rotatable bonds is 12. The minimum absolute atomic E-state index is 0.0259. The number of aryl methyl sites for hydroxylation is 2. The SMILES string of the molecule is Cc1cc2c(F)c(Oc3ncnn4cc(OCC(C)OC(=O)C(CC(C)C)NC(=O)OCc5ccccc5)c(C)c34)ccc2[nH]1. The van der Waals surface area contributed by atoms with Crippen LogP contribution in [0.3, 0.4) is 0 Å². The molecule has 236 valence electrons. The van der Waals surface area contributed by atoms with Crippen LogP contribution in [0.2, 0.25) is 0 Å². The lowest BCUT2D eigenvalue weighted by atomic mass is 10.0. The zero-order chi connectivity index (χ0) is 32.1. The molecule has 2 unspecified atom stereocenters. The van der Waals surface area contributed by atoms with Crippen LogP contribution >= 0.6 is 0 Å². The van der Waals surface area contributed by atoms with Crippen LogP contribution in [0.5, 0.6) is 17.4 Å². The summed E-state index contributed by atoms with van der Waals surface area (Å²) >= 11 is 0.